The molecule has 2 aromatic carbocycles. The Kier molecular flexibility index (Phi) is 9.45. The van der Waals surface area contributed by atoms with Crippen molar-refractivity contribution in [2.24, 2.45) is 0 Å². The summed E-state index contributed by atoms with van der Waals surface area (Å²) >= 11 is 1.15. The lowest BCUT2D eigenvalue weighted by Crippen LogP contribution is -2.36. The Morgan fingerprint density at radius 1 is 1.09 bits per heavy atom. The van der Waals surface area contributed by atoms with Gasteiger partial charge in [0.1, 0.15) is 0 Å². The molecule has 0 aliphatic rings. The highest BCUT2D eigenvalue weighted by atomic mass is 32.2. The van der Waals surface area contributed by atoms with Gasteiger partial charge in [0.15, 0.2) is 5.16 Å². The zero-order chi connectivity index (χ0) is 25.4. The Hall–Kier alpha value is -3.17. The Balaban J connectivity index is 1.69. The standard InChI is InChI=1S/C26H33N5O3S/c1-5-30(6-2)14-9-15-31-24(33)20-10-7-8-11-22(20)28-26(31)35-17-23(32)29-25(34)27-21-13-12-18(3)16-19(21)4/h7-8,10-13,16H,5-6,9,14-15,17H2,1-4H3,(H2,27,29,32,34). The van der Waals surface area contributed by atoms with Crippen LogP contribution < -0.4 is 16.2 Å². The van der Waals surface area contributed by atoms with Crippen molar-refractivity contribution in [2.45, 2.75) is 45.8 Å². The van der Waals surface area contributed by atoms with Crippen molar-refractivity contribution >= 4 is 40.3 Å². The third-order valence-corrected chi connectivity index (χ3v) is 6.77. The summed E-state index contributed by atoms with van der Waals surface area (Å²) in [5.74, 6) is -0.504. The van der Waals surface area contributed by atoms with Crippen LogP contribution in [0, 0.1) is 13.8 Å². The van der Waals surface area contributed by atoms with Gasteiger partial charge in [0.05, 0.1) is 16.7 Å². The number of para-hydroxylation sites is 1. The van der Waals surface area contributed by atoms with Crippen LogP contribution in [0.5, 0.6) is 0 Å². The second-order valence-corrected chi connectivity index (χ2v) is 9.30. The van der Waals surface area contributed by atoms with Crippen LogP contribution in [0.15, 0.2) is 52.4 Å². The molecule has 3 rings (SSSR count). The highest BCUT2D eigenvalue weighted by Gasteiger charge is 2.15. The Bertz CT molecular complexity index is 1250. The second kappa shape index (κ2) is 12.5. The minimum absolute atomic E-state index is 0.0406. The van der Waals surface area contributed by atoms with Crippen LogP contribution in [0.3, 0.4) is 0 Å². The maximum atomic E-state index is 13.2. The van der Waals surface area contributed by atoms with Gasteiger partial charge in [-0.1, -0.05) is 55.4 Å². The van der Waals surface area contributed by atoms with Crippen LogP contribution in [-0.4, -0.2) is 51.8 Å². The monoisotopic (exact) mass is 495 g/mol. The topological polar surface area (TPSA) is 96.3 Å². The van der Waals surface area contributed by atoms with Crippen molar-refractivity contribution < 1.29 is 9.59 Å². The number of carbonyl (C=O) groups excluding carboxylic acids is 2. The molecule has 1 aromatic heterocycles. The molecule has 186 valence electrons. The van der Waals surface area contributed by atoms with E-state index in [-0.39, 0.29) is 11.3 Å². The summed E-state index contributed by atoms with van der Waals surface area (Å²) < 4.78 is 1.64. The average molecular weight is 496 g/mol. The molecule has 3 amide bonds. The number of urea groups is 1. The van der Waals surface area contributed by atoms with Gasteiger partial charge in [-0.05, 0) is 63.7 Å². The van der Waals surface area contributed by atoms with E-state index in [4.69, 9.17) is 0 Å². The van der Waals surface area contributed by atoms with E-state index in [0.29, 0.717) is 28.3 Å². The number of rotatable bonds is 10. The zero-order valence-corrected chi connectivity index (χ0v) is 21.6. The first-order valence-electron chi connectivity index (χ1n) is 11.8. The number of hydrogen-bond donors (Lipinski definition) is 2. The number of aromatic nitrogens is 2. The number of benzene rings is 2. The Labute approximate surface area is 210 Å². The van der Waals surface area contributed by atoms with Gasteiger partial charge in [-0.3, -0.25) is 19.5 Å². The van der Waals surface area contributed by atoms with Crippen LogP contribution in [0.4, 0.5) is 10.5 Å². The van der Waals surface area contributed by atoms with Gasteiger partial charge in [0.2, 0.25) is 5.91 Å². The van der Waals surface area contributed by atoms with E-state index in [0.717, 1.165) is 48.9 Å². The van der Waals surface area contributed by atoms with Crippen LogP contribution in [0.1, 0.15) is 31.4 Å². The average Bonchev–Trinajstić information content (AvgIpc) is 2.83. The summed E-state index contributed by atoms with van der Waals surface area (Å²) in [4.78, 5) is 44.9. The molecular weight excluding hydrogens is 462 g/mol. The van der Waals surface area contributed by atoms with Crippen molar-refractivity contribution in [3.8, 4) is 0 Å². The van der Waals surface area contributed by atoms with Crippen LogP contribution in [-0.2, 0) is 11.3 Å². The first kappa shape index (κ1) is 26.4. The summed E-state index contributed by atoms with van der Waals surface area (Å²) in [5.41, 5.74) is 3.12. The van der Waals surface area contributed by atoms with E-state index < -0.39 is 11.9 Å². The number of fused-ring (bicyclic) bond motifs is 1. The fraction of sp³-hybridized carbons (Fsp3) is 0.385. The van der Waals surface area contributed by atoms with Crippen molar-refractivity contribution in [3.63, 3.8) is 0 Å². The molecule has 0 aliphatic carbocycles. The molecule has 3 aromatic rings. The predicted molar refractivity (Wildman–Crippen MR) is 142 cm³/mol. The van der Waals surface area contributed by atoms with E-state index >= 15 is 0 Å². The van der Waals surface area contributed by atoms with Gasteiger partial charge < -0.3 is 10.2 Å². The third-order valence-electron chi connectivity index (χ3n) is 5.79. The number of amides is 3. The number of nitrogens with one attached hydrogen (secondary N) is 2. The normalized spacial score (nSPS) is 11.1. The molecule has 1 heterocycles. The lowest BCUT2D eigenvalue weighted by molar-refractivity contribution is -0.117. The molecule has 0 saturated heterocycles. The summed E-state index contributed by atoms with van der Waals surface area (Å²) in [5, 5.41) is 6.08. The van der Waals surface area contributed by atoms with E-state index in [2.05, 4.69) is 34.4 Å². The lowest BCUT2D eigenvalue weighted by Gasteiger charge is -2.19. The number of aryl methyl sites for hydroxylation is 2. The van der Waals surface area contributed by atoms with Crippen molar-refractivity contribution in [3.05, 3.63) is 63.9 Å². The maximum absolute atomic E-state index is 13.2. The molecule has 0 aliphatic heterocycles. The fourth-order valence-electron chi connectivity index (χ4n) is 3.85. The molecule has 0 saturated carbocycles. The number of thioether (sulfide) groups is 1. The molecule has 0 spiro atoms. The van der Waals surface area contributed by atoms with Gasteiger partial charge in [0.25, 0.3) is 5.56 Å². The highest BCUT2D eigenvalue weighted by Crippen LogP contribution is 2.19. The third kappa shape index (κ3) is 7.16. The fourth-order valence-corrected chi connectivity index (χ4v) is 4.67. The van der Waals surface area contributed by atoms with Gasteiger partial charge in [-0.2, -0.15) is 0 Å². The number of nitrogens with zero attached hydrogens (tertiary/aromatic N) is 3. The van der Waals surface area contributed by atoms with E-state index in [1.165, 1.54) is 0 Å². The first-order chi connectivity index (χ1) is 16.8. The molecule has 0 fully saturated rings. The van der Waals surface area contributed by atoms with Crippen molar-refractivity contribution in [1.82, 2.24) is 19.8 Å². The second-order valence-electron chi connectivity index (χ2n) is 8.36. The molecular formula is C26H33N5O3S. The number of imide groups is 1. The number of carbonyl (C=O) groups is 2. The summed E-state index contributed by atoms with van der Waals surface area (Å²) in [6.07, 6.45) is 0.791. The molecule has 0 radical (unpaired) electrons. The van der Waals surface area contributed by atoms with E-state index in [9.17, 15) is 14.4 Å². The molecule has 2 N–H and O–H groups in total. The molecule has 0 unspecified atom stereocenters. The van der Waals surface area contributed by atoms with Gasteiger partial charge in [0, 0.05) is 12.2 Å². The van der Waals surface area contributed by atoms with Gasteiger partial charge >= 0.3 is 6.03 Å². The minimum Gasteiger partial charge on any atom is -0.307 e. The summed E-state index contributed by atoms with van der Waals surface area (Å²) in [7, 11) is 0. The predicted octanol–water partition coefficient (Wildman–Crippen LogP) is 4.19. The van der Waals surface area contributed by atoms with Crippen molar-refractivity contribution in [2.75, 3.05) is 30.7 Å². The van der Waals surface area contributed by atoms with Crippen LogP contribution in [0.2, 0.25) is 0 Å². The molecule has 0 bridgehead atoms. The summed E-state index contributed by atoms with van der Waals surface area (Å²) in [6, 6.07) is 12.3. The Morgan fingerprint density at radius 3 is 2.54 bits per heavy atom. The van der Waals surface area contributed by atoms with Crippen molar-refractivity contribution in [1.29, 1.82) is 0 Å². The molecule has 8 nitrogen and oxygen atoms in total. The largest absolute Gasteiger partial charge is 0.325 e. The van der Waals surface area contributed by atoms with E-state index in [1.54, 1.807) is 22.8 Å². The maximum Gasteiger partial charge on any atom is 0.325 e. The number of anilines is 1. The minimum atomic E-state index is -0.592. The quantitative estimate of drug-likeness (QED) is 0.324. The van der Waals surface area contributed by atoms with Gasteiger partial charge in [-0.15, -0.1) is 0 Å². The van der Waals surface area contributed by atoms with Crippen LogP contribution in [0.25, 0.3) is 10.9 Å². The summed E-state index contributed by atoms with van der Waals surface area (Å²) in [6.45, 7) is 11.4. The highest BCUT2D eigenvalue weighted by molar-refractivity contribution is 7.99. The SMILES string of the molecule is CCN(CC)CCCn1c(SCC(=O)NC(=O)Nc2ccc(C)cc2C)nc2ccccc2c1=O. The number of hydrogen-bond acceptors (Lipinski definition) is 6. The van der Waals surface area contributed by atoms with Crippen LogP contribution >= 0.6 is 11.8 Å². The molecule has 0 atom stereocenters. The molecule has 9 heteroatoms. The Morgan fingerprint density at radius 2 is 1.83 bits per heavy atom. The van der Waals surface area contributed by atoms with E-state index in [1.807, 2.05) is 38.1 Å². The van der Waals surface area contributed by atoms with Gasteiger partial charge in [-0.25, -0.2) is 9.78 Å². The zero-order valence-electron chi connectivity index (χ0n) is 20.8. The first-order valence-corrected chi connectivity index (χ1v) is 12.8. The lowest BCUT2D eigenvalue weighted by atomic mass is 10.1. The molecule has 35 heavy (non-hydrogen) atoms. The smallest absolute Gasteiger partial charge is 0.307 e.